The highest BCUT2D eigenvalue weighted by atomic mass is 16.5. The molecule has 1 aliphatic rings. The molecule has 0 radical (unpaired) electrons. The van der Waals surface area contributed by atoms with Crippen molar-refractivity contribution in [2.24, 2.45) is 5.92 Å². The van der Waals surface area contributed by atoms with Gasteiger partial charge < -0.3 is 15.8 Å². The van der Waals surface area contributed by atoms with Crippen molar-refractivity contribution in [3.05, 3.63) is 11.9 Å². The number of anilines is 1. The highest BCUT2D eigenvalue weighted by molar-refractivity contribution is 5.96. The largest absolute Gasteiger partial charge is 0.396 e. The first-order valence-corrected chi connectivity index (χ1v) is 6.39. The van der Waals surface area contributed by atoms with Crippen LogP contribution in [0.1, 0.15) is 30.3 Å². The molecule has 1 unspecified atom stereocenters. The predicted octanol–water partition coefficient (Wildman–Crippen LogP) is 0.642. The van der Waals surface area contributed by atoms with Crippen LogP contribution in [0, 0.1) is 5.92 Å². The number of nitrogens with one attached hydrogen (secondary N) is 1. The number of hydrogen-bond donors (Lipinski definition) is 2. The number of ether oxygens (including phenoxy) is 1. The highest BCUT2D eigenvalue weighted by Crippen LogP contribution is 2.13. The van der Waals surface area contributed by atoms with Gasteiger partial charge in [-0.05, 0) is 25.7 Å². The summed E-state index contributed by atoms with van der Waals surface area (Å²) >= 11 is 0. The fraction of sp³-hybridized carbons (Fsp3) is 0.667. The zero-order chi connectivity index (χ0) is 13.0. The molecule has 0 aromatic carbocycles. The first-order valence-electron chi connectivity index (χ1n) is 6.39. The summed E-state index contributed by atoms with van der Waals surface area (Å²) < 4.78 is 7.03. The van der Waals surface area contributed by atoms with Crippen LogP contribution < -0.4 is 11.1 Å². The molecule has 0 saturated carbocycles. The second kappa shape index (κ2) is 5.86. The third-order valence-electron chi connectivity index (χ3n) is 3.13. The summed E-state index contributed by atoms with van der Waals surface area (Å²) in [6, 6.07) is 0. The van der Waals surface area contributed by atoms with Crippen LogP contribution in [0.2, 0.25) is 0 Å². The zero-order valence-corrected chi connectivity index (χ0v) is 10.7. The lowest BCUT2D eigenvalue weighted by Crippen LogP contribution is -2.33. The van der Waals surface area contributed by atoms with Crippen molar-refractivity contribution >= 4 is 11.6 Å². The van der Waals surface area contributed by atoms with Crippen molar-refractivity contribution in [2.75, 3.05) is 25.5 Å². The van der Waals surface area contributed by atoms with Crippen molar-refractivity contribution in [3.63, 3.8) is 0 Å². The van der Waals surface area contributed by atoms with E-state index in [4.69, 9.17) is 10.5 Å². The Morgan fingerprint density at radius 3 is 3.17 bits per heavy atom. The molecule has 2 rings (SSSR count). The Balaban J connectivity index is 1.88. The molecule has 1 atom stereocenters. The summed E-state index contributed by atoms with van der Waals surface area (Å²) in [5, 5.41) is 7.01. The van der Waals surface area contributed by atoms with Crippen molar-refractivity contribution in [2.45, 2.75) is 26.3 Å². The van der Waals surface area contributed by atoms with Gasteiger partial charge in [0.15, 0.2) is 5.69 Å². The molecule has 2 heterocycles. The molecule has 6 nitrogen and oxygen atoms in total. The van der Waals surface area contributed by atoms with Gasteiger partial charge in [0.25, 0.3) is 5.91 Å². The highest BCUT2D eigenvalue weighted by Gasteiger charge is 2.18. The van der Waals surface area contributed by atoms with E-state index in [1.807, 2.05) is 6.92 Å². The minimum absolute atomic E-state index is 0.203. The first kappa shape index (κ1) is 12.9. The lowest BCUT2D eigenvalue weighted by Gasteiger charge is -2.21. The molecule has 3 N–H and O–H groups in total. The monoisotopic (exact) mass is 252 g/mol. The minimum Gasteiger partial charge on any atom is -0.396 e. The molecule has 1 fully saturated rings. The van der Waals surface area contributed by atoms with E-state index in [2.05, 4.69) is 10.4 Å². The van der Waals surface area contributed by atoms with Crippen molar-refractivity contribution < 1.29 is 9.53 Å². The smallest absolute Gasteiger partial charge is 0.273 e. The van der Waals surface area contributed by atoms with E-state index in [0.29, 0.717) is 30.4 Å². The fourth-order valence-corrected chi connectivity index (χ4v) is 2.06. The Labute approximate surface area is 106 Å². The molecule has 1 aromatic heterocycles. The Bertz CT molecular complexity index is 410. The zero-order valence-electron chi connectivity index (χ0n) is 10.7. The van der Waals surface area contributed by atoms with Crippen LogP contribution in [0.25, 0.3) is 0 Å². The Morgan fingerprint density at radius 1 is 1.72 bits per heavy atom. The Hall–Kier alpha value is -1.56. The molecular formula is C12H20N4O2. The third-order valence-corrected chi connectivity index (χ3v) is 3.13. The van der Waals surface area contributed by atoms with Gasteiger partial charge in [-0.1, -0.05) is 0 Å². The van der Waals surface area contributed by atoms with E-state index in [9.17, 15) is 4.79 Å². The van der Waals surface area contributed by atoms with Crippen LogP contribution >= 0.6 is 0 Å². The molecule has 100 valence electrons. The molecule has 0 spiro atoms. The number of nitrogen functional groups attached to an aromatic ring is 1. The number of aromatic nitrogens is 2. The number of aryl methyl sites for hydroxylation is 1. The van der Waals surface area contributed by atoms with Crippen molar-refractivity contribution in [1.82, 2.24) is 15.1 Å². The Kier molecular flexibility index (Phi) is 4.19. The average molecular weight is 252 g/mol. The van der Waals surface area contributed by atoms with Crippen LogP contribution in [0.3, 0.4) is 0 Å². The summed E-state index contributed by atoms with van der Waals surface area (Å²) in [6.45, 7) is 4.83. The van der Waals surface area contributed by atoms with Gasteiger partial charge in [-0.3, -0.25) is 9.48 Å². The number of nitrogens with zero attached hydrogens (tertiary/aromatic N) is 2. The first-order chi connectivity index (χ1) is 8.70. The van der Waals surface area contributed by atoms with Crippen molar-refractivity contribution in [1.29, 1.82) is 0 Å². The molecule has 1 aromatic rings. The predicted molar refractivity (Wildman–Crippen MR) is 68.2 cm³/mol. The molecular weight excluding hydrogens is 232 g/mol. The average Bonchev–Trinajstić information content (AvgIpc) is 2.78. The lowest BCUT2D eigenvalue weighted by atomic mass is 10.0. The number of carbonyl (C=O) groups excluding carboxylic acids is 1. The molecule has 0 bridgehead atoms. The Morgan fingerprint density at radius 2 is 2.56 bits per heavy atom. The van der Waals surface area contributed by atoms with E-state index < -0.39 is 0 Å². The van der Waals surface area contributed by atoms with Crippen LogP contribution in [-0.2, 0) is 11.3 Å². The van der Waals surface area contributed by atoms with Gasteiger partial charge in [-0.25, -0.2) is 0 Å². The number of carbonyl (C=O) groups is 1. The molecule has 6 heteroatoms. The summed E-state index contributed by atoms with van der Waals surface area (Å²) in [6.07, 6.45) is 3.84. The maximum absolute atomic E-state index is 11.9. The molecule has 18 heavy (non-hydrogen) atoms. The molecule has 1 aliphatic heterocycles. The summed E-state index contributed by atoms with van der Waals surface area (Å²) in [5.74, 6) is 0.197. The van der Waals surface area contributed by atoms with Crippen LogP contribution in [0.5, 0.6) is 0 Å². The third kappa shape index (κ3) is 3.01. The van der Waals surface area contributed by atoms with Gasteiger partial charge in [0.1, 0.15) is 0 Å². The summed E-state index contributed by atoms with van der Waals surface area (Å²) in [5.41, 5.74) is 6.50. The number of nitrogens with two attached hydrogens (primary N) is 1. The number of hydrogen-bond acceptors (Lipinski definition) is 4. The van der Waals surface area contributed by atoms with Gasteiger partial charge in [-0.2, -0.15) is 5.10 Å². The van der Waals surface area contributed by atoms with E-state index in [-0.39, 0.29) is 5.91 Å². The summed E-state index contributed by atoms with van der Waals surface area (Å²) in [7, 11) is 0. The maximum Gasteiger partial charge on any atom is 0.273 e. The van der Waals surface area contributed by atoms with E-state index in [1.54, 1.807) is 10.9 Å². The van der Waals surface area contributed by atoms with E-state index in [0.717, 1.165) is 26.1 Å². The number of amides is 1. The van der Waals surface area contributed by atoms with Gasteiger partial charge in [0.2, 0.25) is 0 Å². The molecule has 1 amide bonds. The van der Waals surface area contributed by atoms with E-state index >= 15 is 0 Å². The van der Waals surface area contributed by atoms with Gasteiger partial charge in [0.05, 0.1) is 12.3 Å². The minimum atomic E-state index is -0.203. The second-order valence-electron chi connectivity index (χ2n) is 4.58. The maximum atomic E-state index is 11.9. The van der Waals surface area contributed by atoms with Gasteiger partial charge in [0, 0.05) is 25.9 Å². The fourth-order valence-electron chi connectivity index (χ4n) is 2.06. The lowest BCUT2D eigenvalue weighted by molar-refractivity contribution is 0.0535. The van der Waals surface area contributed by atoms with Crippen LogP contribution in [0.4, 0.5) is 5.69 Å². The quantitative estimate of drug-likeness (QED) is 0.824. The molecule has 0 aliphatic carbocycles. The normalized spacial score (nSPS) is 19.7. The topological polar surface area (TPSA) is 82.2 Å². The van der Waals surface area contributed by atoms with Gasteiger partial charge >= 0.3 is 0 Å². The van der Waals surface area contributed by atoms with Crippen LogP contribution in [0.15, 0.2) is 6.20 Å². The van der Waals surface area contributed by atoms with E-state index in [1.165, 1.54) is 0 Å². The second-order valence-corrected chi connectivity index (χ2v) is 4.58. The molecule has 1 saturated heterocycles. The standard InChI is InChI=1S/C12H20N4O2/c1-2-16-7-10(13)11(15-16)12(17)14-6-9-4-3-5-18-8-9/h7,9H,2-6,8,13H2,1H3,(H,14,17). The SMILES string of the molecule is CCn1cc(N)c(C(=O)NCC2CCCOC2)n1. The number of rotatable bonds is 4. The van der Waals surface area contributed by atoms with Gasteiger partial charge in [-0.15, -0.1) is 0 Å². The summed E-state index contributed by atoms with van der Waals surface area (Å²) in [4.78, 5) is 11.9. The van der Waals surface area contributed by atoms with Crippen LogP contribution in [-0.4, -0.2) is 35.4 Å². The van der Waals surface area contributed by atoms with Crippen molar-refractivity contribution in [3.8, 4) is 0 Å².